The van der Waals surface area contributed by atoms with E-state index in [4.69, 9.17) is 4.42 Å². The van der Waals surface area contributed by atoms with Gasteiger partial charge in [0.05, 0.1) is 6.04 Å². The number of rotatable bonds is 4. The normalized spacial score (nSPS) is 22.3. The summed E-state index contributed by atoms with van der Waals surface area (Å²) in [5.41, 5.74) is 0. The van der Waals surface area contributed by atoms with Crippen molar-refractivity contribution in [1.29, 1.82) is 0 Å². The molecular weight excluding hydrogens is 224 g/mol. The van der Waals surface area contributed by atoms with Crippen molar-refractivity contribution in [1.82, 2.24) is 15.5 Å². The first-order valence-electron chi connectivity index (χ1n) is 5.53. The summed E-state index contributed by atoms with van der Waals surface area (Å²) in [6, 6.07) is 1.26. The summed E-state index contributed by atoms with van der Waals surface area (Å²) in [5.74, 6) is 3.02. The minimum atomic E-state index is 0.104. The number of nitrogens with zero attached hydrogens (tertiary/aromatic N) is 3. The third-order valence-electron chi connectivity index (χ3n) is 2.99. The van der Waals surface area contributed by atoms with Crippen LogP contribution in [0.3, 0.4) is 0 Å². The number of anilines is 1. The molecule has 0 aromatic carbocycles. The van der Waals surface area contributed by atoms with Gasteiger partial charge in [-0.1, -0.05) is 5.10 Å². The molecule has 0 bridgehead atoms. The van der Waals surface area contributed by atoms with E-state index in [1.54, 1.807) is 0 Å². The van der Waals surface area contributed by atoms with Crippen LogP contribution in [0.25, 0.3) is 0 Å². The Labute approximate surface area is 100.0 Å². The van der Waals surface area contributed by atoms with Crippen molar-refractivity contribution in [2.45, 2.75) is 25.4 Å². The van der Waals surface area contributed by atoms with E-state index in [0.717, 1.165) is 5.75 Å². The van der Waals surface area contributed by atoms with Gasteiger partial charge in [0.15, 0.2) is 0 Å². The lowest BCUT2D eigenvalue weighted by atomic mass is 10.2. The molecule has 2 atom stereocenters. The molecule has 1 aliphatic heterocycles. The van der Waals surface area contributed by atoms with Gasteiger partial charge in [-0.15, -0.1) is 5.10 Å². The average Bonchev–Trinajstić information content (AvgIpc) is 2.97. The summed E-state index contributed by atoms with van der Waals surface area (Å²) < 4.78 is 5.64. The van der Waals surface area contributed by atoms with Gasteiger partial charge in [-0.25, -0.2) is 0 Å². The highest BCUT2D eigenvalue weighted by molar-refractivity contribution is 7.99. The standard InChI is InChI=1S/C10H18N4OS/c1-7(11-2)9-12-13-10(15-9)14(3)8-4-5-16-6-8/h7-8,11H,4-6H2,1-3H3. The SMILES string of the molecule is CNC(C)c1nnc(N(C)C2CCSC2)o1. The van der Waals surface area contributed by atoms with Crippen molar-refractivity contribution in [2.75, 3.05) is 30.5 Å². The topological polar surface area (TPSA) is 54.2 Å². The molecule has 1 fully saturated rings. The van der Waals surface area contributed by atoms with Gasteiger partial charge >= 0.3 is 6.01 Å². The Kier molecular flexibility index (Phi) is 3.70. The molecule has 16 heavy (non-hydrogen) atoms. The Bertz CT molecular complexity index is 337. The number of nitrogens with one attached hydrogen (secondary N) is 1. The first-order valence-corrected chi connectivity index (χ1v) is 6.69. The fourth-order valence-corrected chi connectivity index (χ4v) is 2.92. The van der Waals surface area contributed by atoms with Gasteiger partial charge in [0.1, 0.15) is 0 Å². The van der Waals surface area contributed by atoms with Crippen LogP contribution in [0.5, 0.6) is 0 Å². The molecule has 2 heterocycles. The molecule has 90 valence electrons. The van der Waals surface area contributed by atoms with Crippen LogP contribution < -0.4 is 10.2 Å². The predicted octanol–water partition coefficient (Wildman–Crippen LogP) is 1.29. The second-order valence-electron chi connectivity index (χ2n) is 4.06. The summed E-state index contributed by atoms with van der Waals surface area (Å²) in [6.07, 6.45) is 1.19. The highest BCUT2D eigenvalue weighted by atomic mass is 32.2. The average molecular weight is 242 g/mol. The lowest BCUT2D eigenvalue weighted by Crippen LogP contribution is -2.31. The second kappa shape index (κ2) is 5.05. The minimum absolute atomic E-state index is 0.104. The maximum absolute atomic E-state index is 5.64. The van der Waals surface area contributed by atoms with Gasteiger partial charge in [-0.05, 0) is 26.1 Å². The van der Waals surface area contributed by atoms with Crippen LogP contribution in [0.4, 0.5) is 6.01 Å². The van der Waals surface area contributed by atoms with E-state index < -0.39 is 0 Å². The van der Waals surface area contributed by atoms with Crippen molar-refractivity contribution in [3.8, 4) is 0 Å². The first-order chi connectivity index (χ1) is 7.72. The zero-order chi connectivity index (χ0) is 11.5. The molecule has 0 amide bonds. The van der Waals surface area contributed by atoms with Crippen LogP contribution >= 0.6 is 11.8 Å². The van der Waals surface area contributed by atoms with Crippen molar-refractivity contribution in [3.63, 3.8) is 0 Å². The van der Waals surface area contributed by atoms with Crippen molar-refractivity contribution >= 4 is 17.8 Å². The minimum Gasteiger partial charge on any atom is -0.406 e. The van der Waals surface area contributed by atoms with Crippen molar-refractivity contribution in [2.24, 2.45) is 0 Å². The van der Waals surface area contributed by atoms with E-state index in [1.165, 1.54) is 12.2 Å². The predicted molar refractivity (Wildman–Crippen MR) is 65.9 cm³/mol. The van der Waals surface area contributed by atoms with E-state index in [9.17, 15) is 0 Å². The van der Waals surface area contributed by atoms with Crippen LogP contribution in [-0.2, 0) is 0 Å². The molecule has 0 radical (unpaired) electrons. The molecule has 0 aliphatic carbocycles. The van der Waals surface area contributed by atoms with Crippen LogP contribution in [0.2, 0.25) is 0 Å². The summed E-state index contributed by atoms with van der Waals surface area (Å²) in [4.78, 5) is 2.10. The highest BCUT2D eigenvalue weighted by Crippen LogP contribution is 2.25. The maximum Gasteiger partial charge on any atom is 0.318 e. The number of hydrogen-bond donors (Lipinski definition) is 1. The molecule has 1 aliphatic rings. The molecule has 1 N–H and O–H groups in total. The molecule has 0 spiro atoms. The fraction of sp³-hybridized carbons (Fsp3) is 0.800. The molecule has 1 saturated heterocycles. The number of hydrogen-bond acceptors (Lipinski definition) is 6. The van der Waals surface area contributed by atoms with Gasteiger partial charge in [-0.3, -0.25) is 0 Å². The molecule has 5 nitrogen and oxygen atoms in total. The third-order valence-corrected chi connectivity index (χ3v) is 4.13. The van der Waals surface area contributed by atoms with Crippen LogP contribution in [0.1, 0.15) is 25.3 Å². The Hall–Kier alpha value is -0.750. The fourth-order valence-electron chi connectivity index (χ4n) is 1.65. The summed E-state index contributed by atoms with van der Waals surface area (Å²) in [5, 5.41) is 11.2. The van der Waals surface area contributed by atoms with Gasteiger partial charge in [0.2, 0.25) is 5.89 Å². The van der Waals surface area contributed by atoms with Crippen LogP contribution in [0.15, 0.2) is 4.42 Å². The zero-order valence-electron chi connectivity index (χ0n) is 9.93. The number of aromatic nitrogens is 2. The Morgan fingerprint density at radius 2 is 2.38 bits per heavy atom. The molecular formula is C10H18N4OS. The zero-order valence-corrected chi connectivity index (χ0v) is 10.8. The van der Waals surface area contributed by atoms with Gasteiger partial charge < -0.3 is 14.6 Å². The van der Waals surface area contributed by atoms with Crippen LogP contribution in [0, 0.1) is 0 Å². The van der Waals surface area contributed by atoms with Gasteiger partial charge in [0, 0.05) is 18.8 Å². The van der Waals surface area contributed by atoms with E-state index >= 15 is 0 Å². The van der Waals surface area contributed by atoms with Crippen molar-refractivity contribution < 1.29 is 4.42 Å². The summed E-state index contributed by atoms with van der Waals surface area (Å²) >= 11 is 1.98. The molecule has 2 rings (SSSR count). The maximum atomic E-state index is 5.64. The highest BCUT2D eigenvalue weighted by Gasteiger charge is 2.24. The van der Waals surface area contributed by atoms with Crippen LogP contribution in [-0.4, -0.2) is 41.8 Å². The van der Waals surface area contributed by atoms with Crippen molar-refractivity contribution in [3.05, 3.63) is 5.89 Å². The first kappa shape index (κ1) is 11.7. The number of thioether (sulfide) groups is 1. The molecule has 0 saturated carbocycles. The van der Waals surface area contributed by atoms with Gasteiger partial charge in [0.25, 0.3) is 0 Å². The smallest absolute Gasteiger partial charge is 0.318 e. The Balaban J connectivity index is 2.05. The van der Waals surface area contributed by atoms with E-state index in [1.807, 2.05) is 32.8 Å². The summed E-state index contributed by atoms with van der Waals surface area (Å²) in [7, 11) is 3.91. The Morgan fingerprint density at radius 1 is 1.56 bits per heavy atom. The van der Waals surface area contributed by atoms with Gasteiger partial charge in [-0.2, -0.15) is 11.8 Å². The quantitative estimate of drug-likeness (QED) is 0.858. The monoisotopic (exact) mass is 242 g/mol. The van der Waals surface area contributed by atoms with E-state index in [0.29, 0.717) is 17.9 Å². The molecule has 2 unspecified atom stereocenters. The molecule has 1 aromatic rings. The molecule has 6 heteroatoms. The molecule has 1 aromatic heterocycles. The Morgan fingerprint density at radius 3 is 3.00 bits per heavy atom. The van der Waals surface area contributed by atoms with E-state index in [2.05, 4.69) is 20.4 Å². The van der Waals surface area contributed by atoms with E-state index in [-0.39, 0.29) is 6.04 Å². The summed E-state index contributed by atoms with van der Waals surface area (Å²) in [6.45, 7) is 2.00. The lowest BCUT2D eigenvalue weighted by Gasteiger charge is -2.20. The lowest BCUT2D eigenvalue weighted by molar-refractivity contribution is 0.427. The largest absolute Gasteiger partial charge is 0.406 e. The second-order valence-corrected chi connectivity index (χ2v) is 5.21. The third kappa shape index (κ3) is 2.32.